The van der Waals surface area contributed by atoms with Gasteiger partial charge in [-0.3, -0.25) is 9.59 Å². The highest BCUT2D eigenvalue weighted by Gasteiger charge is 2.15. The van der Waals surface area contributed by atoms with Crippen molar-refractivity contribution >= 4 is 5.91 Å². The van der Waals surface area contributed by atoms with Crippen molar-refractivity contribution in [2.45, 2.75) is 27.3 Å². The van der Waals surface area contributed by atoms with Gasteiger partial charge >= 0.3 is 0 Å². The molecule has 2 heterocycles. The summed E-state index contributed by atoms with van der Waals surface area (Å²) in [5, 5.41) is 11.8. The first-order valence-electron chi connectivity index (χ1n) is 9.01. The summed E-state index contributed by atoms with van der Waals surface area (Å²) in [6, 6.07) is 12.5. The van der Waals surface area contributed by atoms with E-state index in [1.807, 2.05) is 38.1 Å². The number of nitriles is 1. The highest BCUT2D eigenvalue weighted by molar-refractivity contribution is 5.95. The molecule has 0 bridgehead atoms. The molecular formula is C22H20N4O3. The molecule has 0 aliphatic heterocycles. The van der Waals surface area contributed by atoms with Crippen LogP contribution in [0.2, 0.25) is 0 Å². The summed E-state index contributed by atoms with van der Waals surface area (Å²) in [4.78, 5) is 31.1. The van der Waals surface area contributed by atoms with Gasteiger partial charge in [-0.05, 0) is 44.0 Å². The van der Waals surface area contributed by atoms with E-state index in [1.54, 1.807) is 25.3 Å². The first-order chi connectivity index (χ1) is 13.9. The molecule has 7 nitrogen and oxygen atoms in total. The van der Waals surface area contributed by atoms with Gasteiger partial charge in [-0.1, -0.05) is 24.3 Å². The summed E-state index contributed by atoms with van der Waals surface area (Å²) in [6.07, 6.45) is 1.62. The summed E-state index contributed by atoms with van der Waals surface area (Å²) in [7, 11) is 0. The van der Waals surface area contributed by atoms with Crippen LogP contribution in [0.25, 0.3) is 0 Å². The molecule has 0 aliphatic rings. The molecule has 0 atom stereocenters. The fourth-order valence-electron chi connectivity index (χ4n) is 2.92. The summed E-state index contributed by atoms with van der Waals surface area (Å²) in [5.41, 5.74) is 2.68. The lowest BCUT2D eigenvalue weighted by Gasteiger charge is -2.14. The Kier molecular flexibility index (Phi) is 5.74. The molecule has 0 saturated carbocycles. The maximum absolute atomic E-state index is 12.6. The quantitative estimate of drug-likeness (QED) is 0.697. The number of aromatic nitrogens is 2. The third-order valence-corrected chi connectivity index (χ3v) is 4.50. The average Bonchev–Trinajstić information content (AvgIpc) is 2.70. The van der Waals surface area contributed by atoms with Gasteiger partial charge in [0.2, 0.25) is 5.88 Å². The summed E-state index contributed by atoms with van der Waals surface area (Å²) >= 11 is 0. The number of para-hydroxylation sites is 1. The van der Waals surface area contributed by atoms with Crippen molar-refractivity contribution in [2.24, 2.45) is 0 Å². The third-order valence-electron chi connectivity index (χ3n) is 4.50. The van der Waals surface area contributed by atoms with Gasteiger partial charge in [0.1, 0.15) is 17.4 Å². The van der Waals surface area contributed by atoms with Gasteiger partial charge in [0, 0.05) is 24.0 Å². The maximum Gasteiger partial charge on any atom is 0.266 e. The number of hydrogen-bond acceptors (Lipinski definition) is 5. The van der Waals surface area contributed by atoms with E-state index in [0.29, 0.717) is 17.1 Å². The third kappa shape index (κ3) is 4.33. The van der Waals surface area contributed by atoms with E-state index in [-0.39, 0.29) is 17.7 Å². The van der Waals surface area contributed by atoms with Gasteiger partial charge in [-0.2, -0.15) is 5.26 Å². The van der Waals surface area contributed by atoms with Gasteiger partial charge < -0.3 is 15.0 Å². The molecule has 2 N–H and O–H groups in total. The number of hydrogen-bond donors (Lipinski definition) is 2. The van der Waals surface area contributed by atoms with E-state index >= 15 is 0 Å². The Morgan fingerprint density at radius 2 is 1.93 bits per heavy atom. The van der Waals surface area contributed by atoms with Crippen LogP contribution in [0.15, 0.2) is 47.4 Å². The van der Waals surface area contributed by atoms with Gasteiger partial charge in [-0.15, -0.1) is 0 Å². The molecule has 29 heavy (non-hydrogen) atoms. The zero-order valence-electron chi connectivity index (χ0n) is 16.4. The molecule has 2 aromatic heterocycles. The molecule has 0 aliphatic carbocycles. The number of nitrogens with one attached hydrogen (secondary N) is 2. The van der Waals surface area contributed by atoms with Crippen molar-refractivity contribution in [3.63, 3.8) is 0 Å². The molecule has 1 aromatic carbocycles. The Morgan fingerprint density at radius 1 is 1.21 bits per heavy atom. The number of pyridine rings is 2. The van der Waals surface area contributed by atoms with E-state index in [2.05, 4.69) is 15.3 Å². The van der Waals surface area contributed by atoms with Crippen LogP contribution in [0.5, 0.6) is 11.6 Å². The second kappa shape index (κ2) is 8.40. The van der Waals surface area contributed by atoms with E-state index < -0.39 is 11.5 Å². The minimum absolute atomic E-state index is 0.110. The maximum atomic E-state index is 12.6. The first kappa shape index (κ1) is 19.8. The van der Waals surface area contributed by atoms with Crippen LogP contribution in [0.1, 0.15) is 38.3 Å². The topological polar surface area (TPSA) is 108 Å². The van der Waals surface area contributed by atoms with E-state index in [9.17, 15) is 9.59 Å². The molecule has 0 fully saturated rings. The average molecular weight is 388 g/mol. The van der Waals surface area contributed by atoms with Crippen molar-refractivity contribution < 1.29 is 9.53 Å². The molecular weight excluding hydrogens is 368 g/mol. The zero-order chi connectivity index (χ0) is 21.0. The number of ether oxygens (including phenoxy) is 1. The normalized spacial score (nSPS) is 10.3. The van der Waals surface area contributed by atoms with Crippen LogP contribution in [0, 0.1) is 32.1 Å². The van der Waals surface area contributed by atoms with Crippen LogP contribution in [-0.4, -0.2) is 15.9 Å². The van der Waals surface area contributed by atoms with Crippen LogP contribution in [0.4, 0.5) is 0 Å². The Labute approximate surface area is 168 Å². The number of carbonyl (C=O) groups excluding carboxylic acids is 1. The smallest absolute Gasteiger partial charge is 0.266 e. The van der Waals surface area contributed by atoms with Crippen molar-refractivity contribution in [3.05, 3.63) is 86.5 Å². The largest absolute Gasteiger partial charge is 0.438 e. The fraction of sp³-hybridized carbons (Fsp3) is 0.182. The van der Waals surface area contributed by atoms with E-state index in [1.165, 1.54) is 6.07 Å². The number of rotatable bonds is 5. The minimum Gasteiger partial charge on any atom is -0.438 e. The predicted octanol–water partition coefficient (Wildman–Crippen LogP) is 3.29. The second-order valence-corrected chi connectivity index (χ2v) is 6.64. The van der Waals surface area contributed by atoms with Crippen LogP contribution in [-0.2, 0) is 6.54 Å². The highest BCUT2D eigenvalue weighted by atomic mass is 16.5. The van der Waals surface area contributed by atoms with Crippen LogP contribution in [0.3, 0.4) is 0 Å². The zero-order valence-corrected chi connectivity index (χ0v) is 16.4. The summed E-state index contributed by atoms with van der Waals surface area (Å²) < 4.78 is 6.03. The van der Waals surface area contributed by atoms with Crippen LogP contribution >= 0.6 is 0 Å². The molecule has 7 heteroatoms. The molecule has 0 radical (unpaired) electrons. The number of carbonyl (C=O) groups is 1. The number of aromatic amines is 1. The SMILES string of the molecule is Cc1cccc(C)c1Oc1ncccc1CNC(=O)c1cc(C#N)c(=O)[nH]c1C. The number of amides is 1. The van der Waals surface area contributed by atoms with Crippen LogP contribution < -0.4 is 15.6 Å². The second-order valence-electron chi connectivity index (χ2n) is 6.64. The molecule has 1 amide bonds. The van der Waals surface area contributed by atoms with E-state index in [0.717, 1.165) is 16.9 Å². The van der Waals surface area contributed by atoms with Gasteiger partial charge in [0.15, 0.2) is 0 Å². The lowest BCUT2D eigenvalue weighted by atomic mass is 10.1. The summed E-state index contributed by atoms with van der Waals surface area (Å²) in [6.45, 7) is 5.70. The Morgan fingerprint density at radius 3 is 2.62 bits per heavy atom. The fourth-order valence-corrected chi connectivity index (χ4v) is 2.92. The summed E-state index contributed by atoms with van der Waals surface area (Å²) in [5.74, 6) is 0.729. The number of aryl methyl sites for hydroxylation is 3. The molecule has 3 aromatic rings. The molecule has 146 valence electrons. The number of H-pyrrole nitrogens is 1. The number of nitrogens with zero attached hydrogens (tertiary/aromatic N) is 2. The first-order valence-corrected chi connectivity index (χ1v) is 9.01. The lowest BCUT2D eigenvalue weighted by molar-refractivity contribution is 0.0949. The standard InChI is InChI=1S/C22H20N4O3/c1-13-6-4-7-14(2)19(13)29-22-16(8-5-9-24-22)12-25-21(28)18-10-17(11-23)20(27)26-15(18)3/h4-10H,12H2,1-3H3,(H,25,28)(H,26,27). The van der Waals surface area contributed by atoms with Crippen molar-refractivity contribution in [3.8, 4) is 17.7 Å². The van der Waals surface area contributed by atoms with E-state index in [4.69, 9.17) is 10.00 Å². The molecule has 0 saturated heterocycles. The predicted molar refractivity (Wildman–Crippen MR) is 108 cm³/mol. The molecule has 3 rings (SSSR count). The minimum atomic E-state index is -0.516. The Hall–Kier alpha value is -3.92. The Bertz CT molecular complexity index is 1160. The Balaban J connectivity index is 1.81. The lowest BCUT2D eigenvalue weighted by Crippen LogP contribution is -2.26. The number of benzene rings is 1. The van der Waals surface area contributed by atoms with Gasteiger partial charge in [0.05, 0.1) is 5.56 Å². The monoisotopic (exact) mass is 388 g/mol. The molecule has 0 unspecified atom stereocenters. The highest BCUT2D eigenvalue weighted by Crippen LogP contribution is 2.29. The van der Waals surface area contributed by atoms with Gasteiger partial charge in [-0.25, -0.2) is 4.98 Å². The van der Waals surface area contributed by atoms with Crippen molar-refractivity contribution in [2.75, 3.05) is 0 Å². The van der Waals surface area contributed by atoms with Gasteiger partial charge in [0.25, 0.3) is 11.5 Å². The van der Waals surface area contributed by atoms with Crippen molar-refractivity contribution in [1.29, 1.82) is 5.26 Å². The van der Waals surface area contributed by atoms with Crippen molar-refractivity contribution in [1.82, 2.24) is 15.3 Å². The molecule has 0 spiro atoms.